The molecule has 160 valence electrons. The first-order valence-electron chi connectivity index (χ1n) is 10.5. The van der Waals surface area contributed by atoms with Crippen LogP contribution in [0.15, 0.2) is 47.1 Å². The third-order valence-corrected chi connectivity index (χ3v) is 5.81. The molecule has 2 aliphatic rings. The summed E-state index contributed by atoms with van der Waals surface area (Å²) < 4.78 is 10.9. The predicted molar refractivity (Wildman–Crippen MR) is 112 cm³/mol. The first-order chi connectivity index (χ1) is 14.6. The fourth-order valence-electron chi connectivity index (χ4n) is 3.88. The van der Waals surface area contributed by atoms with E-state index in [1.54, 1.807) is 13.4 Å². The molecule has 1 aliphatic carbocycles. The van der Waals surface area contributed by atoms with Crippen molar-refractivity contribution in [3.63, 3.8) is 0 Å². The second kappa shape index (κ2) is 9.21. The Morgan fingerprint density at radius 3 is 2.50 bits per heavy atom. The smallest absolute Gasteiger partial charge is 0.309 e. The fourth-order valence-corrected chi connectivity index (χ4v) is 3.88. The summed E-state index contributed by atoms with van der Waals surface area (Å²) in [6.45, 7) is 3.97. The molecule has 2 amide bonds. The SMILES string of the molecule is COc1ccc(N2CC[NH+]([C@H](CNC(=O)C(=O)NC3CC3)c3ccco3)CC2)cc1. The predicted octanol–water partition coefficient (Wildman–Crippen LogP) is 0.129. The van der Waals surface area contributed by atoms with Gasteiger partial charge in [-0.3, -0.25) is 9.59 Å². The summed E-state index contributed by atoms with van der Waals surface area (Å²) in [6, 6.07) is 12.0. The first-order valence-corrected chi connectivity index (χ1v) is 10.5. The van der Waals surface area contributed by atoms with Crippen LogP contribution in [0.4, 0.5) is 5.69 Å². The lowest BCUT2D eigenvalue weighted by Gasteiger charge is -2.37. The van der Waals surface area contributed by atoms with Crippen LogP contribution < -0.4 is 25.2 Å². The molecule has 2 fully saturated rings. The Balaban J connectivity index is 1.35. The Morgan fingerprint density at radius 1 is 1.17 bits per heavy atom. The van der Waals surface area contributed by atoms with E-state index in [1.165, 1.54) is 10.6 Å². The van der Waals surface area contributed by atoms with Crippen LogP contribution in [0.5, 0.6) is 5.75 Å². The van der Waals surface area contributed by atoms with Gasteiger partial charge in [-0.1, -0.05) is 0 Å². The number of benzene rings is 1. The number of carbonyl (C=O) groups is 2. The molecule has 1 saturated carbocycles. The molecule has 0 radical (unpaired) electrons. The molecule has 1 aliphatic heterocycles. The highest BCUT2D eigenvalue weighted by Gasteiger charge is 2.32. The van der Waals surface area contributed by atoms with Gasteiger partial charge in [-0.2, -0.15) is 0 Å². The number of amides is 2. The summed E-state index contributed by atoms with van der Waals surface area (Å²) in [5.41, 5.74) is 1.18. The molecule has 1 aromatic carbocycles. The zero-order valence-electron chi connectivity index (χ0n) is 17.2. The maximum atomic E-state index is 12.2. The normalized spacial score (nSPS) is 18.0. The van der Waals surface area contributed by atoms with Crippen LogP contribution in [-0.4, -0.2) is 57.7 Å². The second-order valence-corrected chi connectivity index (χ2v) is 7.87. The van der Waals surface area contributed by atoms with E-state index in [0.29, 0.717) is 6.54 Å². The zero-order chi connectivity index (χ0) is 20.9. The van der Waals surface area contributed by atoms with E-state index >= 15 is 0 Å². The Labute approximate surface area is 176 Å². The third kappa shape index (κ3) is 4.94. The number of anilines is 1. The number of methoxy groups -OCH3 is 1. The number of hydrogen-bond donors (Lipinski definition) is 3. The number of carbonyl (C=O) groups excluding carboxylic acids is 2. The van der Waals surface area contributed by atoms with Crippen molar-refractivity contribution in [2.24, 2.45) is 0 Å². The van der Waals surface area contributed by atoms with Crippen molar-refractivity contribution >= 4 is 17.5 Å². The Bertz CT molecular complexity index is 841. The van der Waals surface area contributed by atoms with Crippen molar-refractivity contribution in [2.45, 2.75) is 24.9 Å². The van der Waals surface area contributed by atoms with Gasteiger partial charge in [0.1, 0.15) is 5.75 Å². The minimum absolute atomic E-state index is 0.0318. The monoisotopic (exact) mass is 413 g/mol. The number of rotatable bonds is 7. The molecular weight excluding hydrogens is 384 g/mol. The van der Waals surface area contributed by atoms with E-state index in [2.05, 4.69) is 27.7 Å². The molecule has 3 N–H and O–H groups in total. The molecule has 0 spiro atoms. The van der Waals surface area contributed by atoms with Gasteiger partial charge < -0.3 is 29.6 Å². The number of piperazine rings is 1. The summed E-state index contributed by atoms with van der Waals surface area (Å²) in [5, 5.41) is 5.52. The molecule has 1 saturated heterocycles. The van der Waals surface area contributed by atoms with Gasteiger partial charge in [0.05, 0.1) is 46.1 Å². The number of hydrogen-bond acceptors (Lipinski definition) is 5. The van der Waals surface area contributed by atoms with Crippen LogP contribution in [0, 0.1) is 0 Å². The number of furan rings is 1. The maximum Gasteiger partial charge on any atom is 0.309 e. The minimum atomic E-state index is -0.574. The molecule has 2 heterocycles. The Hall–Kier alpha value is -3.00. The van der Waals surface area contributed by atoms with Crippen molar-refractivity contribution in [1.82, 2.24) is 10.6 Å². The van der Waals surface area contributed by atoms with E-state index < -0.39 is 11.8 Å². The molecule has 8 heteroatoms. The lowest BCUT2D eigenvalue weighted by Crippen LogP contribution is -3.15. The number of ether oxygens (including phenoxy) is 1. The van der Waals surface area contributed by atoms with Gasteiger partial charge in [-0.25, -0.2) is 0 Å². The highest BCUT2D eigenvalue weighted by molar-refractivity contribution is 6.35. The van der Waals surface area contributed by atoms with Gasteiger partial charge >= 0.3 is 11.8 Å². The van der Waals surface area contributed by atoms with Crippen molar-refractivity contribution in [1.29, 1.82) is 0 Å². The molecule has 0 bridgehead atoms. The summed E-state index contributed by atoms with van der Waals surface area (Å²) in [6.07, 6.45) is 3.56. The highest BCUT2D eigenvalue weighted by Crippen LogP contribution is 2.20. The standard InChI is InChI=1S/C22H28N4O4/c1-29-18-8-6-17(7-9-18)25-10-12-26(13-11-25)19(20-3-2-14-30-20)15-23-21(27)22(28)24-16-4-5-16/h2-3,6-9,14,16,19H,4-5,10-13,15H2,1H3,(H,23,27)(H,24,28)/p+1/t19-/m1/s1. The third-order valence-electron chi connectivity index (χ3n) is 5.81. The quantitative estimate of drug-likeness (QED) is 0.562. The van der Waals surface area contributed by atoms with Crippen molar-refractivity contribution in [3.8, 4) is 5.75 Å². The molecule has 1 atom stereocenters. The summed E-state index contributed by atoms with van der Waals surface area (Å²) in [5.74, 6) is 0.554. The van der Waals surface area contributed by atoms with Crippen molar-refractivity contribution < 1.29 is 23.6 Å². The topological polar surface area (TPSA) is 88.2 Å². The first kappa shape index (κ1) is 20.3. The van der Waals surface area contributed by atoms with Crippen LogP contribution in [-0.2, 0) is 9.59 Å². The lowest BCUT2D eigenvalue weighted by atomic mass is 10.1. The molecule has 8 nitrogen and oxygen atoms in total. The average molecular weight is 413 g/mol. The van der Waals surface area contributed by atoms with E-state index in [0.717, 1.165) is 50.5 Å². The lowest BCUT2D eigenvalue weighted by molar-refractivity contribution is -0.932. The minimum Gasteiger partial charge on any atom is -0.497 e. The van der Waals surface area contributed by atoms with Gasteiger partial charge in [0.15, 0.2) is 11.8 Å². The van der Waals surface area contributed by atoms with Crippen LogP contribution in [0.3, 0.4) is 0 Å². The number of quaternary nitrogens is 1. The van der Waals surface area contributed by atoms with Gasteiger partial charge in [0, 0.05) is 11.7 Å². The molecule has 2 aromatic rings. The zero-order valence-corrected chi connectivity index (χ0v) is 17.2. The van der Waals surface area contributed by atoms with Crippen LogP contribution >= 0.6 is 0 Å². The highest BCUT2D eigenvalue weighted by atomic mass is 16.5. The Morgan fingerprint density at radius 2 is 1.90 bits per heavy atom. The molecule has 1 aromatic heterocycles. The fraction of sp³-hybridized carbons (Fsp3) is 0.455. The van der Waals surface area contributed by atoms with Gasteiger partial charge in [0.2, 0.25) is 0 Å². The Kier molecular flexibility index (Phi) is 6.23. The van der Waals surface area contributed by atoms with Gasteiger partial charge in [-0.15, -0.1) is 0 Å². The second-order valence-electron chi connectivity index (χ2n) is 7.87. The number of nitrogens with zero attached hydrogens (tertiary/aromatic N) is 1. The van der Waals surface area contributed by atoms with Gasteiger partial charge in [0.25, 0.3) is 0 Å². The summed E-state index contributed by atoms with van der Waals surface area (Å²) >= 11 is 0. The van der Waals surface area contributed by atoms with Crippen molar-refractivity contribution in [3.05, 3.63) is 48.4 Å². The molecular formula is C22H29N4O4+. The number of nitrogens with one attached hydrogen (secondary N) is 3. The van der Waals surface area contributed by atoms with Gasteiger partial charge in [-0.05, 0) is 49.2 Å². The average Bonchev–Trinajstić information content (AvgIpc) is 3.43. The van der Waals surface area contributed by atoms with E-state index in [-0.39, 0.29) is 12.1 Å². The van der Waals surface area contributed by atoms with Crippen molar-refractivity contribution in [2.75, 3.05) is 44.7 Å². The van der Waals surface area contributed by atoms with Crippen LogP contribution in [0.2, 0.25) is 0 Å². The van der Waals surface area contributed by atoms with Crippen LogP contribution in [0.25, 0.3) is 0 Å². The van der Waals surface area contributed by atoms with Crippen LogP contribution in [0.1, 0.15) is 24.6 Å². The largest absolute Gasteiger partial charge is 0.497 e. The molecule has 30 heavy (non-hydrogen) atoms. The van der Waals surface area contributed by atoms with E-state index in [9.17, 15) is 9.59 Å². The summed E-state index contributed by atoms with van der Waals surface area (Å²) in [7, 11) is 1.67. The molecule has 4 rings (SSSR count). The van der Waals surface area contributed by atoms with E-state index in [4.69, 9.17) is 9.15 Å². The molecule has 0 unspecified atom stereocenters. The summed E-state index contributed by atoms with van der Waals surface area (Å²) in [4.78, 5) is 27.8. The van der Waals surface area contributed by atoms with E-state index in [1.807, 2.05) is 24.3 Å². The maximum absolute atomic E-state index is 12.2.